The Morgan fingerprint density at radius 3 is 2.82 bits per heavy atom. The van der Waals surface area contributed by atoms with Crippen molar-refractivity contribution in [3.05, 3.63) is 34.3 Å². The van der Waals surface area contributed by atoms with Gasteiger partial charge in [0.2, 0.25) is 0 Å². The lowest BCUT2D eigenvalue weighted by Gasteiger charge is -2.28. The molecule has 1 atom stereocenters. The number of carboxylic acid groups (broad SMARTS) is 1. The second-order valence-electron chi connectivity index (χ2n) is 4.48. The van der Waals surface area contributed by atoms with Crippen LogP contribution in [-0.2, 0) is 4.79 Å². The number of hydrogen-bond acceptors (Lipinski definition) is 2. The molecule has 3 nitrogen and oxygen atoms in total. The topological polar surface area (TPSA) is 49.3 Å². The molecule has 0 heterocycles. The van der Waals surface area contributed by atoms with Crippen molar-refractivity contribution in [3.8, 4) is 0 Å². The zero-order valence-corrected chi connectivity index (χ0v) is 11.1. The van der Waals surface area contributed by atoms with Gasteiger partial charge in [-0.2, -0.15) is 0 Å². The van der Waals surface area contributed by atoms with Crippen molar-refractivity contribution >= 4 is 21.9 Å². The number of rotatable bonds is 5. The van der Waals surface area contributed by atoms with Crippen LogP contribution in [0.25, 0.3) is 0 Å². The Balaban J connectivity index is 2.02. The van der Waals surface area contributed by atoms with Crippen LogP contribution in [-0.4, -0.2) is 23.7 Å². The Morgan fingerprint density at radius 1 is 1.53 bits per heavy atom. The number of halogens is 1. The molecule has 0 aliphatic heterocycles. The summed E-state index contributed by atoms with van der Waals surface area (Å²) >= 11 is 3.37. The van der Waals surface area contributed by atoms with Crippen LogP contribution in [0.3, 0.4) is 0 Å². The Labute approximate surface area is 109 Å². The van der Waals surface area contributed by atoms with Crippen molar-refractivity contribution < 1.29 is 9.90 Å². The summed E-state index contributed by atoms with van der Waals surface area (Å²) in [7, 11) is 0. The van der Waals surface area contributed by atoms with Crippen LogP contribution in [0.15, 0.2) is 28.7 Å². The number of carboxylic acids is 1. The average molecular weight is 298 g/mol. The molecule has 92 valence electrons. The number of benzene rings is 1. The monoisotopic (exact) mass is 297 g/mol. The van der Waals surface area contributed by atoms with Crippen LogP contribution < -0.4 is 5.32 Å². The van der Waals surface area contributed by atoms with E-state index in [-0.39, 0.29) is 0 Å². The predicted molar refractivity (Wildman–Crippen MR) is 70.2 cm³/mol. The molecule has 1 saturated carbocycles. The molecule has 0 bridgehead atoms. The van der Waals surface area contributed by atoms with Crippen LogP contribution in [0.1, 0.15) is 30.7 Å². The van der Waals surface area contributed by atoms with Gasteiger partial charge in [-0.15, -0.1) is 0 Å². The minimum Gasteiger partial charge on any atom is -0.481 e. The molecule has 2 rings (SSSR count). The molecule has 4 heteroatoms. The van der Waals surface area contributed by atoms with Crippen molar-refractivity contribution in [3.63, 3.8) is 0 Å². The van der Waals surface area contributed by atoms with Gasteiger partial charge in [-0.25, -0.2) is 0 Å². The molecule has 1 aliphatic carbocycles. The first kappa shape index (κ1) is 12.6. The first-order valence-corrected chi connectivity index (χ1v) is 6.68. The van der Waals surface area contributed by atoms with Crippen LogP contribution in [0, 0.1) is 0 Å². The van der Waals surface area contributed by atoms with Gasteiger partial charge in [-0.05, 0) is 30.5 Å². The molecule has 1 fully saturated rings. The van der Waals surface area contributed by atoms with E-state index < -0.39 is 11.9 Å². The summed E-state index contributed by atoms with van der Waals surface area (Å²) in [6.07, 6.45) is 3.60. The van der Waals surface area contributed by atoms with Gasteiger partial charge < -0.3 is 10.4 Å². The van der Waals surface area contributed by atoms with E-state index in [0.29, 0.717) is 12.6 Å². The van der Waals surface area contributed by atoms with E-state index in [1.54, 1.807) is 0 Å². The normalized spacial score (nSPS) is 17.5. The molecule has 0 saturated heterocycles. The Kier molecular flexibility index (Phi) is 4.18. The lowest BCUT2D eigenvalue weighted by Crippen LogP contribution is -2.39. The van der Waals surface area contributed by atoms with Crippen LogP contribution >= 0.6 is 15.9 Å². The van der Waals surface area contributed by atoms with Gasteiger partial charge in [0.25, 0.3) is 0 Å². The standard InChI is InChI=1S/C13H16BrNO2/c14-10-4-1-3-9(7-10)12(13(16)17)8-15-11-5-2-6-11/h1,3-4,7,11-12,15H,2,5-6,8H2,(H,16,17). The molecule has 1 aromatic rings. The van der Waals surface area contributed by atoms with Gasteiger partial charge in [-0.1, -0.05) is 34.5 Å². The highest BCUT2D eigenvalue weighted by atomic mass is 79.9. The van der Waals surface area contributed by atoms with Crippen LogP contribution in [0.5, 0.6) is 0 Å². The molecule has 1 aliphatic rings. The maximum atomic E-state index is 11.3. The smallest absolute Gasteiger partial charge is 0.312 e. The highest BCUT2D eigenvalue weighted by Crippen LogP contribution is 2.22. The van der Waals surface area contributed by atoms with Gasteiger partial charge in [0.05, 0.1) is 5.92 Å². The highest BCUT2D eigenvalue weighted by Gasteiger charge is 2.23. The van der Waals surface area contributed by atoms with E-state index in [1.807, 2.05) is 24.3 Å². The highest BCUT2D eigenvalue weighted by molar-refractivity contribution is 9.10. The molecule has 0 amide bonds. The summed E-state index contributed by atoms with van der Waals surface area (Å²) in [5.41, 5.74) is 0.846. The van der Waals surface area contributed by atoms with E-state index >= 15 is 0 Å². The number of nitrogens with one attached hydrogen (secondary N) is 1. The minimum absolute atomic E-state index is 0.465. The van der Waals surface area contributed by atoms with Crippen molar-refractivity contribution in [1.82, 2.24) is 5.32 Å². The predicted octanol–water partition coefficient (Wildman–Crippen LogP) is 2.76. The molecule has 0 spiro atoms. The average Bonchev–Trinajstić information content (AvgIpc) is 2.21. The maximum absolute atomic E-state index is 11.3. The fraction of sp³-hybridized carbons (Fsp3) is 0.462. The molecule has 1 unspecified atom stereocenters. The van der Waals surface area contributed by atoms with Crippen molar-refractivity contribution in [2.24, 2.45) is 0 Å². The van der Waals surface area contributed by atoms with E-state index in [0.717, 1.165) is 10.0 Å². The number of carbonyl (C=O) groups is 1. The third kappa shape index (κ3) is 3.30. The van der Waals surface area contributed by atoms with E-state index in [4.69, 9.17) is 0 Å². The van der Waals surface area contributed by atoms with Gasteiger partial charge >= 0.3 is 5.97 Å². The summed E-state index contributed by atoms with van der Waals surface area (Å²) in [4.78, 5) is 11.3. The van der Waals surface area contributed by atoms with Crippen molar-refractivity contribution in [2.45, 2.75) is 31.2 Å². The summed E-state index contributed by atoms with van der Waals surface area (Å²) in [6, 6.07) is 8.04. The third-order valence-corrected chi connectivity index (χ3v) is 3.76. The van der Waals surface area contributed by atoms with Gasteiger partial charge in [-0.3, -0.25) is 4.79 Å². The van der Waals surface area contributed by atoms with Gasteiger partial charge in [0, 0.05) is 17.1 Å². The Bertz CT molecular complexity index is 404. The molecular weight excluding hydrogens is 282 g/mol. The first-order chi connectivity index (χ1) is 8.16. The second-order valence-corrected chi connectivity index (χ2v) is 5.40. The fourth-order valence-electron chi connectivity index (χ4n) is 1.97. The van der Waals surface area contributed by atoms with Gasteiger partial charge in [0.1, 0.15) is 0 Å². The first-order valence-electron chi connectivity index (χ1n) is 5.88. The maximum Gasteiger partial charge on any atom is 0.312 e. The summed E-state index contributed by atoms with van der Waals surface area (Å²) in [5.74, 6) is -1.23. The van der Waals surface area contributed by atoms with Crippen LogP contribution in [0.2, 0.25) is 0 Å². The summed E-state index contributed by atoms with van der Waals surface area (Å²) in [6.45, 7) is 0.510. The fourth-order valence-corrected chi connectivity index (χ4v) is 2.38. The summed E-state index contributed by atoms with van der Waals surface area (Å²) in [5, 5.41) is 12.6. The number of hydrogen-bond donors (Lipinski definition) is 2. The summed E-state index contributed by atoms with van der Waals surface area (Å²) < 4.78 is 0.921. The molecule has 17 heavy (non-hydrogen) atoms. The molecule has 0 radical (unpaired) electrons. The quantitative estimate of drug-likeness (QED) is 0.879. The van der Waals surface area contributed by atoms with E-state index in [9.17, 15) is 9.90 Å². The zero-order valence-electron chi connectivity index (χ0n) is 9.53. The van der Waals surface area contributed by atoms with Crippen LogP contribution in [0.4, 0.5) is 0 Å². The lowest BCUT2D eigenvalue weighted by molar-refractivity contribution is -0.138. The van der Waals surface area contributed by atoms with Crippen molar-refractivity contribution in [1.29, 1.82) is 0 Å². The Morgan fingerprint density at radius 2 is 2.29 bits per heavy atom. The zero-order chi connectivity index (χ0) is 12.3. The SMILES string of the molecule is O=C(O)C(CNC1CCC1)c1cccc(Br)c1. The van der Waals surface area contributed by atoms with E-state index in [2.05, 4.69) is 21.2 Å². The Hall–Kier alpha value is -0.870. The van der Waals surface area contributed by atoms with E-state index in [1.165, 1.54) is 19.3 Å². The third-order valence-electron chi connectivity index (χ3n) is 3.26. The van der Waals surface area contributed by atoms with Crippen molar-refractivity contribution in [2.75, 3.05) is 6.54 Å². The number of aliphatic carboxylic acids is 1. The minimum atomic E-state index is -0.769. The molecular formula is C13H16BrNO2. The molecule has 1 aromatic carbocycles. The lowest BCUT2D eigenvalue weighted by atomic mass is 9.91. The second kappa shape index (κ2) is 5.65. The molecule has 2 N–H and O–H groups in total. The largest absolute Gasteiger partial charge is 0.481 e. The molecule has 0 aromatic heterocycles. The van der Waals surface area contributed by atoms with Gasteiger partial charge in [0.15, 0.2) is 0 Å².